The number of nitrogens with zero attached hydrogens (tertiary/aromatic N) is 2. The zero-order chi connectivity index (χ0) is 14.0. The summed E-state index contributed by atoms with van der Waals surface area (Å²) < 4.78 is 0. The van der Waals surface area contributed by atoms with Crippen LogP contribution in [-0.2, 0) is 4.79 Å². The van der Waals surface area contributed by atoms with Gasteiger partial charge < -0.3 is 15.8 Å². The van der Waals surface area contributed by atoms with Crippen molar-refractivity contribution in [2.45, 2.75) is 57.9 Å². The summed E-state index contributed by atoms with van der Waals surface area (Å²) in [5, 5.41) is 12.0. The van der Waals surface area contributed by atoms with Gasteiger partial charge >= 0.3 is 0 Å². The minimum absolute atomic E-state index is 0.0350. The minimum Gasteiger partial charge on any atom is -0.409 e. The molecule has 0 spiro atoms. The number of hydrogen-bond acceptors (Lipinski definition) is 3. The molecule has 1 amide bonds. The van der Waals surface area contributed by atoms with Crippen LogP contribution in [0.1, 0.15) is 51.9 Å². The predicted octanol–water partition coefficient (Wildman–Crippen LogP) is 1.94. The van der Waals surface area contributed by atoms with Crippen LogP contribution in [0.4, 0.5) is 0 Å². The smallest absolute Gasteiger partial charge is 0.236 e. The largest absolute Gasteiger partial charge is 0.409 e. The normalized spacial score (nSPS) is 30.5. The summed E-state index contributed by atoms with van der Waals surface area (Å²) in [6.45, 7) is 2.21. The fraction of sp³-hybridized carbons (Fsp3) is 0.857. The van der Waals surface area contributed by atoms with Gasteiger partial charge in [0.1, 0.15) is 5.41 Å². The van der Waals surface area contributed by atoms with E-state index in [1.165, 1.54) is 19.3 Å². The van der Waals surface area contributed by atoms with Gasteiger partial charge in [-0.05, 0) is 31.6 Å². The van der Waals surface area contributed by atoms with Crippen LogP contribution in [0.3, 0.4) is 0 Å². The van der Waals surface area contributed by atoms with Crippen LogP contribution in [0, 0.1) is 11.3 Å². The van der Waals surface area contributed by atoms with Gasteiger partial charge in [0.05, 0.1) is 0 Å². The van der Waals surface area contributed by atoms with E-state index >= 15 is 0 Å². The number of oxime groups is 1. The van der Waals surface area contributed by atoms with E-state index in [4.69, 9.17) is 10.9 Å². The van der Waals surface area contributed by atoms with Gasteiger partial charge in [0.15, 0.2) is 5.84 Å². The molecule has 5 nitrogen and oxygen atoms in total. The van der Waals surface area contributed by atoms with Gasteiger partial charge in [-0.3, -0.25) is 4.79 Å². The number of amidine groups is 1. The number of amides is 1. The van der Waals surface area contributed by atoms with Gasteiger partial charge in [0.2, 0.25) is 5.91 Å². The summed E-state index contributed by atoms with van der Waals surface area (Å²) in [6.07, 6.45) is 7.05. The summed E-state index contributed by atoms with van der Waals surface area (Å²) in [5.74, 6) is 0.652. The van der Waals surface area contributed by atoms with Gasteiger partial charge in [-0.15, -0.1) is 0 Å². The lowest BCUT2D eigenvalue weighted by Gasteiger charge is -2.45. The molecule has 2 aliphatic rings. The Morgan fingerprint density at radius 3 is 2.42 bits per heavy atom. The lowest BCUT2D eigenvalue weighted by Crippen LogP contribution is -2.57. The molecule has 3 N–H and O–H groups in total. The van der Waals surface area contributed by atoms with E-state index in [2.05, 4.69) is 12.1 Å². The molecule has 0 saturated heterocycles. The van der Waals surface area contributed by atoms with Gasteiger partial charge in [-0.25, -0.2) is 0 Å². The number of carbonyl (C=O) groups is 1. The van der Waals surface area contributed by atoms with E-state index in [9.17, 15) is 4.79 Å². The summed E-state index contributed by atoms with van der Waals surface area (Å²) >= 11 is 0. The molecule has 0 aromatic rings. The van der Waals surface area contributed by atoms with E-state index in [0.717, 1.165) is 12.8 Å². The highest BCUT2D eigenvalue weighted by Crippen LogP contribution is 2.43. The number of nitrogens with two attached hydrogens (primary N) is 1. The van der Waals surface area contributed by atoms with Crippen LogP contribution in [0.25, 0.3) is 0 Å². The second-order valence-electron chi connectivity index (χ2n) is 6.17. The van der Waals surface area contributed by atoms with Crippen molar-refractivity contribution in [1.29, 1.82) is 0 Å². The summed E-state index contributed by atoms with van der Waals surface area (Å²) in [7, 11) is 1.87. The van der Waals surface area contributed by atoms with Crippen LogP contribution in [0.15, 0.2) is 5.16 Å². The van der Waals surface area contributed by atoms with Crippen molar-refractivity contribution in [1.82, 2.24) is 4.90 Å². The van der Waals surface area contributed by atoms with Gasteiger partial charge in [-0.1, -0.05) is 31.3 Å². The lowest BCUT2D eigenvalue weighted by molar-refractivity contribution is -0.144. The Morgan fingerprint density at radius 1 is 1.32 bits per heavy atom. The summed E-state index contributed by atoms with van der Waals surface area (Å²) in [5.41, 5.74) is 5.03. The minimum atomic E-state index is -0.735. The lowest BCUT2D eigenvalue weighted by atomic mass is 9.66. The molecule has 0 radical (unpaired) electrons. The van der Waals surface area contributed by atoms with Crippen LogP contribution in [0.5, 0.6) is 0 Å². The van der Waals surface area contributed by atoms with Crippen molar-refractivity contribution >= 4 is 11.7 Å². The van der Waals surface area contributed by atoms with Crippen molar-refractivity contribution in [3.8, 4) is 0 Å². The molecule has 5 heteroatoms. The van der Waals surface area contributed by atoms with Crippen LogP contribution in [0.2, 0.25) is 0 Å². The molecule has 2 atom stereocenters. The average Bonchev–Trinajstić information content (AvgIpc) is 2.36. The average molecular weight is 267 g/mol. The first-order valence-electron chi connectivity index (χ1n) is 7.28. The molecule has 2 rings (SSSR count). The van der Waals surface area contributed by atoms with Crippen molar-refractivity contribution < 1.29 is 10.0 Å². The maximum absolute atomic E-state index is 12.7. The highest BCUT2D eigenvalue weighted by molar-refractivity contribution is 6.07. The molecule has 2 fully saturated rings. The number of rotatable bonds is 3. The Kier molecular flexibility index (Phi) is 4.02. The number of carbonyl (C=O) groups excluding carboxylic acids is 1. The maximum atomic E-state index is 12.7. The standard InChI is InChI=1S/C14H25N3O2/c1-10-6-3-4-7-11(10)17(2)13(18)14(8-5-9-14)12(15)16-19/h10-11,19H,3-9H2,1-2H3,(H2,15,16). The van der Waals surface area contributed by atoms with E-state index in [0.29, 0.717) is 24.8 Å². The first kappa shape index (κ1) is 14.2. The second kappa shape index (κ2) is 5.39. The van der Waals surface area contributed by atoms with E-state index in [1.54, 1.807) is 0 Å². The molecule has 2 saturated carbocycles. The molecule has 2 unspecified atom stereocenters. The van der Waals surface area contributed by atoms with Crippen LogP contribution in [-0.4, -0.2) is 34.9 Å². The van der Waals surface area contributed by atoms with E-state index in [-0.39, 0.29) is 11.7 Å². The summed E-state index contributed by atoms with van der Waals surface area (Å²) in [4.78, 5) is 14.6. The Hall–Kier alpha value is -1.26. The fourth-order valence-corrected chi connectivity index (χ4v) is 3.57. The Morgan fingerprint density at radius 2 is 1.95 bits per heavy atom. The molecule has 0 aromatic heterocycles. The first-order valence-corrected chi connectivity index (χ1v) is 7.28. The van der Waals surface area contributed by atoms with Gasteiger partial charge in [0, 0.05) is 13.1 Å². The zero-order valence-electron chi connectivity index (χ0n) is 11.9. The Labute approximate surface area is 114 Å². The highest BCUT2D eigenvalue weighted by Gasteiger charge is 2.50. The molecular formula is C14H25N3O2. The van der Waals surface area contributed by atoms with Gasteiger partial charge in [0.25, 0.3) is 0 Å². The van der Waals surface area contributed by atoms with E-state index in [1.807, 2.05) is 11.9 Å². The third-order valence-corrected chi connectivity index (χ3v) is 5.10. The first-order chi connectivity index (χ1) is 9.03. The molecule has 108 valence electrons. The Balaban J connectivity index is 2.13. The second-order valence-corrected chi connectivity index (χ2v) is 6.17. The third kappa shape index (κ3) is 2.30. The summed E-state index contributed by atoms with van der Waals surface area (Å²) in [6, 6.07) is 0.296. The topological polar surface area (TPSA) is 78.9 Å². The Bertz CT molecular complexity index is 377. The van der Waals surface area contributed by atoms with Crippen molar-refractivity contribution in [3.63, 3.8) is 0 Å². The maximum Gasteiger partial charge on any atom is 0.236 e. The molecule has 19 heavy (non-hydrogen) atoms. The van der Waals surface area contributed by atoms with E-state index < -0.39 is 5.41 Å². The van der Waals surface area contributed by atoms with Crippen LogP contribution >= 0.6 is 0 Å². The molecule has 0 heterocycles. The monoisotopic (exact) mass is 267 g/mol. The van der Waals surface area contributed by atoms with Crippen molar-refractivity contribution in [2.24, 2.45) is 22.2 Å². The predicted molar refractivity (Wildman–Crippen MR) is 73.9 cm³/mol. The number of hydrogen-bond donors (Lipinski definition) is 2. The molecular weight excluding hydrogens is 242 g/mol. The third-order valence-electron chi connectivity index (χ3n) is 5.10. The molecule has 2 aliphatic carbocycles. The van der Waals surface area contributed by atoms with Crippen LogP contribution < -0.4 is 5.73 Å². The molecule has 0 aromatic carbocycles. The van der Waals surface area contributed by atoms with Crippen molar-refractivity contribution in [2.75, 3.05) is 7.05 Å². The van der Waals surface area contributed by atoms with Gasteiger partial charge in [-0.2, -0.15) is 0 Å². The highest BCUT2D eigenvalue weighted by atomic mass is 16.4. The SMILES string of the molecule is CC1CCCCC1N(C)C(=O)C1(C(N)=NO)CCC1. The quantitative estimate of drug-likeness (QED) is 0.355. The van der Waals surface area contributed by atoms with Crippen molar-refractivity contribution in [3.05, 3.63) is 0 Å². The zero-order valence-corrected chi connectivity index (χ0v) is 11.9. The fourth-order valence-electron chi connectivity index (χ4n) is 3.57. The molecule has 0 aliphatic heterocycles. The molecule has 0 bridgehead atoms.